The highest BCUT2D eigenvalue weighted by Gasteiger charge is 2.33. The van der Waals surface area contributed by atoms with E-state index in [9.17, 15) is 17.6 Å². The molecule has 0 radical (unpaired) electrons. The van der Waals surface area contributed by atoms with E-state index in [2.05, 4.69) is 20.6 Å². The summed E-state index contributed by atoms with van der Waals surface area (Å²) in [6.07, 6.45) is -3.85. The van der Waals surface area contributed by atoms with Gasteiger partial charge in [0.2, 0.25) is 5.95 Å². The molecule has 8 heteroatoms. The van der Waals surface area contributed by atoms with Crippen molar-refractivity contribution >= 4 is 11.8 Å². The first-order valence-corrected chi connectivity index (χ1v) is 7.49. The van der Waals surface area contributed by atoms with Crippen molar-refractivity contribution in [2.75, 3.05) is 10.6 Å². The number of aromatic nitrogens is 2. The van der Waals surface area contributed by atoms with Crippen molar-refractivity contribution in [1.82, 2.24) is 9.97 Å². The minimum Gasteiger partial charge on any atom is -0.366 e. The lowest BCUT2D eigenvalue weighted by atomic mass is 10.2. The molecule has 0 unspecified atom stereocenters. The molecule has 2 N–H and O–H groups in total. The summed E-state index contributed by atoms with van der Waals surface area (Å²) in [5.74, 6) is -0.409. The van der Waals surface area contributed by atoms with Crippen LogP contribution in [0.15, 0.2) is 30.3 Å². The van der Waals surface area contributed by atoms with Crippen molar-refractivity contribution in [1.29, 1.82) is 0 Å². The maximum atomic E-state index is 13.0. The Balaban J connectivity index is 2.20. The quantitative estimate of drug-likeness (QED) is 0.761. The Bertz CT molecular complexity index is 671. The molecule has 0 bridgehead atoms. The number of hydrogen-bond acceptors (Lipinski definition) is 4. The van der Waals surface area contributed by atoms with Gasteiger partial charge in [-0.2, -0.15) is 18.2 Å². The van der Waals surface area contributed by atoms with Crippen LogP contribution < -0.4 is 10.6 Å². The third-order valence-corrected chi connectivity index (χ3v) is 3.39. The van der Waals surface area contributed by atoms with Gasteiger partial charge in [-0.05, 0) is 31.0 Å². The van der Waals surface area contributed by atoms with Crippen LogP contribution in [0.5, 0.6) is 0 Å². The predicted molar refractivity (Wildman–Crippen MR) is 84.1 cm³/mol. The number of rotatable bonds is 6. The fourth-order valence-electron chi connectivity index (χ4n) is 1.86. The van der Waals surface area contributed by atoms with E-state index in [-0.39, 0.29) is 30.2 Å². The van der Waals surface area contributed by atoms with Gasteiger partial charge in [0, 0.05) is 18.7 Å². The van der Waals surface area contributed by atoms with Crippen molar-refractivity contribution in [3.05, 3.63) is 47.4 Å². The number of nitrogens with one attached hydrogen (secondary N) is 2. The lowest BCUT2D eigenvalue weighted by Gasteiger charge is -2.15. The summed E-state index contributed by atoms with van der Waals surface area (Å²) >= 11 is 0. The Morgan fingerprint density at radius 1 is 1.12 bits per heavy atom. The van der Waals surface area contributed by atoms with Crippen LogP contribution in [0.25, 0.3) is 0 Å². The zero-order valence-electron chi connectivity index (χ0n) is 13.3. The van der Waals surface area contributed by atoms with E-state index in [0.29, 0.717) is 0 Å². The Hall–Kier alpha value is -2.38. The second kappa shape index (κ2) is 7.46. The molecular weight excluding hydrogens is 324 g/mol. The number of benzene rings is 1. The molecule has 1 aromatic heterocycles. The zero-order chi connectivity index (χ0) is 17.7. The van der Waals surface area contributed by atoms with Crippen LogP contribution in [0.4, 0.5) is 29.3 Å². The van der Waals surface area contributed by atoms with Gasteiger partial charge < -0.3 is 10.6 Å². The monoisotopic (exact) mass is 342 g/mol. The van der Waals surface area contributed by atoms with E-state index < -0.39 is 11.9 Å². The Labute approximate surface area is 137 Å². The fraction of sp³-hybridized carbons (Fsp3) is 0.375. The molecule has 0 aliphatic rings. The standard InChI is InChI=1S/C16H18F4N4/c1-3-10(2)22-15-23-13(16(18,19)20)8-14(24-15)21-9-11-4-6-12(17)7-5-11/h4-8,10H,3,9H2,1-2H3,(H2,21,22,23,24)/t10-/m0/s1. The molecule has 1 atom stereocenters. The highest BCUT2D eigenvalue weighted by molar-refractivity contribution is 5.44. The summed E-state index contributed by atoms with van der Waals surface area (Å²) in [6, 6.07) is 6.46. The van der Waals surface area contributed by atoms with E-state index in [1.54, 1.807) is 12.1 Å². The molecule has 0 aliphatic carbocycles. The van der Waals surface area contributed by atoms with E-state index in [1.165, 1.54) is 12.1 Å². The molecule has 0 saturated carbocycles. The minimum absolute atomic E-state index is 0.0486. The van der Waals surface area contributed by atoms with Crippen LogP contribution in [0, 0.1) is 5.82 Å². The van der Waals surface area contributed by atoms with Crippen molar-refractivity contribution in [2.45, 2.75) is 39.0 Å². The van der Waals surface area contributed by atoms with Crippen LogP contribution in [-0.2, 0) is 12.7 Å². The lowest BCUT2D eigenvalue weighted by Crippen LogP contribution is -2.19. The summed E-state index contributed by atoms with van der Waals surface area (Å²) in [5, 5.41) is 5.65. The molecule has 1 aromatic carbocycles. The molecule has 2 rings (SSSR count). The highest BCUT2D eigenvalue weighted by Crippen LogP contribution is 2.30. The van der Waals surface area contributed by atoms with Gasteiger partial charge in [0.1, 0.15) is 11.6 Å². The van der Waals surface area contributed by atoms with Crippen molar-refractivity contribution in [3.8, 4) is 0 Å². The van der Waals surface area contributed by atoms with Crippen LogP contribution in [0.2, 0.25) is 0 Å². The first-order valence-electron chi connectivity index (χ1n) is 7.49. The van der Waals surface area contributed by atoms with Crippen molar-refractivity contribution < 1.29 is 17.6 Å². The van der Waals surface area contributed by atoms with E-state index in [1.807, 2.05) is 13.8 Å². The summed E-state index contributed by atoms with van der Waals surface area (Å²) in [5.41, 5.74) is -0.301. The van der Waals surface area contributed by atoms with Gasteiger partial charge in [-0.15, -0.1) is 0 Å². The van der Waals surface area contributed by atoms with E-state index in [4.69, 9.17) is 0 Å². The first-order chi connectivity index (χ1) is 11.3. The molecule has 4 nitrogen and oxygen atoms in total. The number of nitrogens with zero attached hydrogens (tertiary/aromatic N) is 2. The van der Waals surface area contributed by atoms with Gasteiger partial charge in [0.05, 0.1) is 0 Å². The summed E-state index contributed by atoms with van der Waals surface area (Å²) < 4.78 is 51.8. The maximum Gasteiger partial charge on any atom is 0.433 e. The molecule has 130 valence electrons. The van der Waals surface area contributed by atoms with Crippen LogP contribution in [-0.4, -0.2) is 16.0 Å². The fourth-order valence-corrected chi connectivity index (χ4v) is 1.86. The zero-order valence-corrected chi connectivity index (χ0v) is 13.3. The summed E-state index contributed by atoms with van der Waals surface area (Å²) in [6.45, 7) is 3.95. The maximum absolute atomic E-state index is 13.0. The summed E-state index contributed by atoms with van der Waals surface area (Å²) in [4.78, 5) is 7.58. The molecule has 2 aromatic rings. The first kappa shape index (κ1) is 18.0. The Morgan fingerprint density at radius 2 is 1.79 bits per heavy atom. The molecule has 24 heavy (non-hydrogen) atoms. The summed E-state index contributed by atoms with van der Waals surface area (Å²) in [7, 11) is 0. The normalized spacial score (nSPS) is 12.8. The van der Waals surface area contributed by atoms with Gasteiger partial charge in [-0.25, -0.2) is 9.37 Å². The predicted octanol–water partition coefficient (Wildman–Crippen LogP) is 4.46. The van der Waals surface area contributed by atoms with Gasteiger partial charge in [0.15, 0.2) is 5.69 Å². The van der Waals surface area contributed by atoms with Gasteiger partial charge in [-0.1, -0.05) is 19.1 Å². The molecule has 0 amide bonds. The smallest absolute Gasteiger partial charge is 0.366 e. The molecule has 0 aliphatic heterocycles. The van der Waals surface area contributed by atoms with Crippen molar-refractivity contribution in [3.63, 3.8) is 0 Å². The second-order valence-corrected chi connectivity index (χ2v) is 5.39. The minimum atomic E-state index is -4.57. The molecule has 0 spiro atoms. The van der Waals surface area contributed by atoms with Crippen molar-refractivity contribution in [2.24, 2.45) is 0 Å². The molecule has 0 saturated heterocycles. The Morgan fingerprint density at radius 3 is 2.38 bits per heavy atom. The average Bonchev–Trinajstić information content (AvgIpc) is 2.53. The number of halogens is 4. The topological polar surface area (TPSA) is 49.8 Å². The number of anilines is 2. The number of alkyl halides is 3. The van der Waals surface area contributed by atoms with Gasteiger partial charge in [-0.3, -0.25) is 0 Å². The van der Waals surface area contributed by atoms with Crippen LogP contribution >= 0.6 is 0 Å². The average molecular weight is 342 g/mol. The highest BCUT2D eigenvalue weighted by atomic mass is 19.4. The molecule has 0 fully saturated rings. The molecular formula is C16H18F4N4. The molecule has 1 heterocycles. The SMILES string of the molecule is CC[C@H](C)Nc1nc(NCc2ccc(F)cc2)cc(C(F)(F)F)n1. The van der Waals surface area contributed by atoms with Crippen LogP contribution in [0.3, 0.4) is 0 Å². The third kappa shape index (κ3) is 5.07. The number of hydrogen-bond donors (Lipinski definition) is 2. The Kier molecular flexibility index (Phi) is 5.58. The van der Waals surface area contributed by atoms with Crippen LogP contribution in [0.1, 0.15) is 31.5 Å². The van der Waals surface area contributed by atoms with E-state index in [0.717, 1.165) is 18.1 Å². The largest absolute Gasteiger partial charge is 0.433 e. The second-order valence-electron chi connectivity index (χ2n) is 5.39. The van der Waals surface area contributed by atoms with Gasteiger partial charge in [0.25, 0.3) is 0 Å². The third-order valence-electron chi connectivity index (χ3n) is 3.39. The lowest BCUT2D eigenvalue weighted by molar-refractivity contribution is -0.141. The van der Waals surface area contributed by atoms with Gasteiger partial charge >= 0.3 is 6.18 Å². The van der Waals surface area contributed by atoms with E-state index >= 15 is 0 Å².